The van der Waals surface area contributed by atoms with Crippen LogP contribution in [-0.4, -0.2) is 67.4 Å². The van der Waals surface area contributed by atoms with Gasteiger partial charge in [0.2, 0.25) is 0 Å². The fourth-order valence-corrected chi connectivity index (χ4v) is 9.02. The molecular formula is C29H38N2O7Si. The van der Waals surface area contributed by atoms with Crippen LogP contribution in [-0.2, 0) is 24.3 Å². The highest BCUT2D eigenvalue weighted by atomic mass is 28.3. The summed E-state index contributed by atoms with van der Waals surface area (Å²) in [5.74, 6) is 0. The second kappa shape index (κ2) is 11.7. The van der Waals surface area contributed by atoms with Gasteiger partial charge in [-0.3, -0.25) is 14.3 Å². The smallest absolute Gasteiger partial charge is 0.330 e. The van der Waals surface area contributed by atoms with E-state index in [1.165, 1.54) is 17.9 Å². The van der Waals surface area contributed by atoms with Crippen molar-refractivity contribution in [3.8, 4) is 0 Å². The lowest BCUT2D eigenvalue weighted by atomic mass is 10.1. The molecule has 1 fully saturated rings. The molecule has 1 saturated heterocycles. The molecule has 0 amide bonds. The lowest BCUT2D eigenvalue weighted by Crippen LogP contribution is -2.69. The molecule has 9 nitrogen and oxygen atoms in total. The lowest BCUT2D eigenvalue weighted by molar-refractivity contribution is -0.196. The average molecular weight is 555 g/mol. The standard InChI is InChI=1S/C29H38N2O7Si/c1-19-17-31(27(34)30-26(19)33)29(39(21-13-9-7-10-14-21)22-15-11-8-12-16-22)25(37-20(2)35-6)24(32)23(38-29)18-36-28(3,4)5/h7-17,20,23-25,32,39H,18H2,1-6H3,(H,30,33,34)/t20?,23-,24-,25-,29+/m1/s1. The number of nitrogens with zero attached hydrogens (tertiary/aromatic N) is 1. The predicted molar refractivity (Wildman–Crippen MR) is 151 cm³/mol. The van der Waals surface area contributed by atoms with Crippen molar-refractivity contribution >= 4 is 19.2 Å². The number of rotatable bonds is 9. The van der Waals surface area contributed by atoms with Crippen LogP contribution in [0.5, 0.6) is 0 Å². The number of aliphatic hydroxyl groups is 1. The van der Waals surface area contributed by atoms with E-state index < -0.39 is 55.6 Å². The fraction of sp³-hybridized carbons (Fsp3) is 0.448. The van der Waals surface area contributed by atoms with E-state index in [0.29, 0.717) is 5.56 Å². The van der Waals surface area contributed by atoms with Gasteiger partial charge in [0, 0.05) is 18.9 Å². The molecule has 2 aromatic carbocycles. The van der Waals surface area contributed by atoms with Crippen LogP contribution in [0.3, 0.4) is 0 Å². The van der Waals surface area contributed by atoms with Crippen molar-refractivity contribution in [1.29, 1.82) is 0 Å². The van der Waals surface area contributed by atoms with Crippen molar-refractivity contribution in [1.82, 2.24) is 9.55 Å². The van der Waals surface area contributed by atoms with Crippen LogP contribution < -0.4 is 21.6 Å². The van der Waals surface area contributed by atoms with E-state index in [4.69, 9.17) is 18.9 Å². The number of benzene rings is 2. The number of hydrogen-bond acceptors (Lipinski definition) is 7. The summed E-state index contributed by atoms with van der Waals surface area (Å²) in [6.45, 7) is 9.18. The molecule has 0 spiro atoms. The molecule has 1 aliphatic heterocycles. The molecule has 1 unspecified atom stereocenters. The summed E-state index contributed by atoms with van der Waals surface area (Å²) in [6, 6.07) is 19.6. The second-order valence-corrected chi connectivity index (χ2v) is 13.9. The zero-order valence-corrected chi connectivity index (χ0v) is 24.4. The molecule has 2 N–H and O–H groups in total. The number of aromatic nitrogens is 2. The number of hydrogen-bond donors (Lipinski definition) is 2. The van der Waals surface area contributed by atoms with Crippen molar-refractivity contribution in [2.45, 2.75) is 70.2 Å². The summed E-state index contributed by atoms with van der Waals surface area (Å²) in [5, 5.41) is 12.2. The Balaban J connectivity index is 2.05. The van der Waals surface area contributed by atoms with Crippen molar-refractivity contribution in [2.75, 3.05) is 13.7 Å². The minimum Gasteiger partial charge on any atom is -0.387 e. The molecular weight excluding hydrogens is 516 g/mol. The molecule has 4 rings (SSSR count). The molecule has 0 aliphatic carbocycles. The molecule has 0 radical (unpaired) electrons. The van der Waals surface area contributed by atoms with Crippen LogP contribution in [0.15, 0.2) is 76.4 Å². The Labute approximate surface area is 229 Å². The van der Waals surface area contributed by atoms with E-state index in [1.807, 2.05) is 81.4 Å². The lowest BCUT2D eigenvalue weighted by Gasteiger charge is -2.42. The van der Waals surface area contributed by atoms with E-state index in [1.54, 1.807) is 13.8 Å². The Morgan fingerprint density at radius 1 is 1.08 bits per heavy atom. The quantitative estimate of drug-likeness (QED) is 0.300. The van der Waals surface area contributed by atoms with E-state index >= 15 is 0 Å². The number of aromatic amines is 1. The van der Waals surface area contributed by atoms with Gasteiger partial charge in [-0.05, 0) is 34.6 Å². The van der Waals surface area contributed by atoms with Crippen LogP contribution in [0.4, 0.5) is 0 Å². The van der Waals surface area contributed by atoms with Gasteiger partial charge in [0.25, 0.3) is 5.56 Å². The van der Waals surface area contributed by atoms with Crippen LogP contribution in [0.1, 0.15) is 33.3 Å². The Hall–Kier alpha value is -2.86. The topological polar surface area (TPSA) is 112 Å². The molecule has 210 valence electrons. The fourth-order valence-electron chi connectivity index (χ4n) is 5.08. The highest BCUT2D eigenvalue weighted by Gasteiger charge is 2.63. The van der Waals surface area contributed by atoms with Crippen LogP contribution in [0.2, 0.25) is 0 Å². The average Bonchev–Trinajstić information content (AvgIpc) is 3.17. The summed E-state index contributed by atoms with van der Waals surface area (Å²) >= 11 is 0. The van der Waals surface area contributed by atoms with Crippen LogP contribution in [0, 0.1) is 6.92 Å². The van der Waals surface area contributed by atoms with Gasteiger partial charge in [-0.1, -0.05) is 71.0 Å². The van der Waals surface area contributed by atoms with E-state index in [-0.39, 0.29) is 6.61 Å². The van der Waals surface area contributed by atoms with E-state index in [2.05, 4.69) is 4.98 Å². The maximum atomic E-state index is 13.6. The minimum absolute atomic E-state index is 0.0649. The highest BCUT2D eigenvalue weighted by Crippen LogP contribution is 2.40. The molecule has 2 heterocycles. The Morgan fingerprint density at radius 2 is 1.64 bits per heavy atom. The third-order valence-corrected chi connectivity index (χ3v) is 10.6. The number of methoxy groups -OCH3 is 1. The van der Waals surface area contributed by atoms with Gasteiger partial charge in [-0.2, -0.15) is 0 Å². The Kier molecular flexibility index (Phi) is 8.74. The number of nitrogens with one attached hydrogen (secondary N) is 1. The second-order valence-electron chi connectivity index (χ2n) is 10.9. The third-order valence-electron chi connectivity index (χ3n) is 6.97. The van der Waals surface area contributed by atoms with Crippen molar-refractivity contribution in [2.24, 2.45) is 0 Å². The first-order chi connectivity index (χ1) is 18.5. The first kappa shape index (κ1) is 29.1. The minimum atomic E-state index is -2.68. The molecule has 0 saturated carbocycles. The molecule has 1 aliphatic rings. The summed E-state index contributed by atoms with van der Waals surface area (Å²) in [4.78, 5) is 28.5. The van der Waals surface area contributed by atoms with Gasteiger partial charge in [0.05, 0.1) is 12.2 Å². The first-order valence-corrected chi connectivity index (χ1v) is 14.8. The molecule has 10 heteroatoms. The normalized spacial score (nSPS) is 24.3. The van der Waals surface area contributed by atoms with Gasteiger partial charge in [0.1, 0.15) is 18.3 Å². The summed E-state index contributed by atoms with van der Waals surface area (Å²) in [5.41, 5.74) is -1.31. The van der Waals surface area contributed by atoms with Crippen LogP contribution >= 0.6 is 0 Å². The molecule has 39 heavy (non-hydrogen) atoms. The van der Waals surface area contributed by atoms with Crippen molar-refractivity contribution in [3.05, 3.63) is 93.3 Å². The van der Waals surface area contributed by atoms with Gasteiger partial charge in [-0.15, -0.1) is 0 Å². The third kappa shape index (κ3) is 6.01. The number of H-pyrrole nitrogens is 1. The van der Waals surface area contributed by atoms with Gasteiger partial charge in [0.15, 0.2) is 20.4 Å². The molecule has 1 aromatic heterocycles. The summed E-state index contributed by atoms with van der Waals surface area (Å²) in [7, 11) is -1.17. The van der Waals surface area contributed by atoms with E-state index in [0.717, 1.165) is 10.4 Å². The number of aliphatic hydroxyl groups excluding tert-OH is 1. The van der Waals surface area contributed by atoms with E-state index in [9.17, 15) is 14.7 Å². The van der Waals surface area contributed by atoms with Crippen molar-refractivity contribution in [3.63, 3.8) is 0 Å². The predicted octanol–water partition coefficient (Wildman–Crippen LogP) is 1.03. The number of aryl methyl sites for hydroxylation is 1. The summed E-state index contributed by atoms with van der Waals surface area (Å²) in [6.07, 6.45) is -2.27. The summed E-state index contributed by atoms with van der Waals surface area (Å²) < 4.78 is 26.2. The Morgan fingerprint density at radius 3 is 2.15 bits per heavy atom. The highest BCUT2D eigenvalue weighted by molar-refractivity contribution is 6.86. The largest absolute Gasteiger partial charge is 0.387 e. The zero-order chi connectivity index (χ0) is 28.4. The Bertz CT molecular complexity index is 1320. The maximum Gasteiger partial charge on any atom is 0.330 e. The molecule has 3 aromatic rings. The first-order valence-electron chi connectivity index (χ1n) is 13.1. The van der Waals surface area contributed by atoms with Gasteiger partial charge < -0.3 is 24.1 Å². The van der Waals surface area contributed by atoms with Crippen molar-refractivity contribution < 1.29 is 24.1 Å². The van der Waals surface area contributed by atoms with Gasteiger partial charge in [-0.25, -0.2) is 4.79 Å². The van der Waals surface area contributed by atoms with Crippen LogP contribution in [0.25, 0.3) is 0 Å². The maximum absolute atomic E-state index is 13.6. The van der Waals surface area contributed by atoms with Gasteiger partial charge >= 0.3 is 5.69 Å². The monoisotopic (exact) mass is 554 g/mol. The molecule has 5 atom stereocenters. The zero-order valence-electron chi connectivity index (χ0n) is 23.3. The SMILES string of the molecule is COC(C)O[C@@H]1[C@H](O)[C@@H](COC(C)(C)C)O[C@]1(n1cc(C)c(=O)[nH]c1=O)[SiH](c1ccccc1)c1ccccc1. The number of ether oxygens (including phenoxy) is 4. The molecule has 0 bridgehead atoms.